The standard InChI is InChI=1S/C24H33N5O8/c1-12(2)7-17(27-21(33)15(25)9-20(31)32)22(34)28-18(23(35)29-19(11-30)24(36)37)8-13-10-26-16-6-4-3-5-14(13)16/h3-6,10,12,15,17-19,26,30H,7-9,11,25H2,1-2H3,(H,27,33)(H,28,34)(H,29,35)(H,31,32)(H,36,37). The van der Waals surface area contributed by atoms with Gasteiger partial charge in [-0.2, -0.15) is 0 Å². The van der Waals surface area contributed by atoms with Gasteiger partial charge < -0.3 is 42.0 Å². The van der Waals surface area contributed by atoms with Crippen molar-refractivity contribution in [2.45, 2.75) is 57.3 Å². The van der Waals surface area contributed by atoms with Crippen LogP contribution in [0.25, 0.3) is 10.9 Å². The summed E-state index contributed by atoms with van der Waals surface area (Å²) >= 11 is 0. The first kappa shape index (κ1) is 29.3. The maximum Gasteiger partial charge on any atom is 0.328 e. The number of aromatic nitrogens is 1. The molecule has 4 atom stereocenters. The van der Waals surface area contributed by atoms with Crippen LogP contribution in [0.5, 0.6) is 0 Å². The Morgan fingerprint density at radius 2 is 1.51 bits per heavy atom. The van der Waals surface area contributed by atoms with Crippen molar-refractivity contribution >= 4 is 40.6 Å². The maximum atomic E-state index is 13.2. The van der Waals surface area contributed by atoms with Gasteiger partial charge in [-0.3, -0.25) is 19.2 Å². The summed E-state index contributed by atoms with van der Waals surface area (Å²) in [4.78, 5) is 63.9. The van der Waals surface area contributed by atoms with E-state index in [4.69, 9.17) is 10.8 Å². The highest BCUT2D eigenvalue weighted by atomic mass is 16.4. The molecule has 1 heterocycles. The van der Waals surface area contributed by atoms with E-state index in [0.29, 0.717) is 5.56 Å². The molecular formula is C24H33N5O8. The molecule has 3 amide bonds. The minimum atomic E-state index is -1.59. The summed E-state index contributed by atoms with van der Waals surface area (Å²) in [5.41, 5.74) is 7.07. The predicted molar refractivity (Wildman–Crippen MR) is 132 cm³/mol. The number of hydrogen-bond donors (Lipinski definition) is 8. The molecule has 4 unspecified atom stereocenters. The van der Waals surface area contributed by atoms with Gasteiger partial charge in [0.25, 0.3) is 0 Å². The zero-order valence-electron chi connectivity index (χ0n) is 20.6. The lowest BCUT2D eigenvalue weighted by molar-refractivity contribution is -0.143. The average molecular weight is 520 g/mol. The third kappa shape index (κ3) is 8.58. The van der Waals surface area contributed by atoms with Crippen molar-refractivity contribution in [3.63, 3.8) is 0 Å². The molecule has 9 N–H and O–H groups in total. The first-order valence-corrected chi connectivity index (χ1v) is 11.7. The molecule has 0 saturated carbocycles. The van der Waals surface area contributed by atoms with Gasteiger partial charge in [-0.25, -0.2) is 4.79 Å². The van der Waals surface area contributed by atoms with Crippen LogP contribution in [0.1, 0.15) is 32.3 Å². The number of nitrogens with one attached hydrogen (secondary N) is 4. The number of hydrogen-bond acceptors (Lipinski definition) is 7. The molecule has 37 heavy (non-hydrogen) atoms. The van der Waals surface area contributed by atoms with Crippen molar-refractivity contribution in [2.75, 3.05) is 6.61 Å². The van der Waals surface area contributed by atoms with Gasteiger partial charge in [0.1, 0.15) is 18.1 Å². The van der Waals surface area contributed by atoms with Gasteiger partial charge >= 0.3 is 11.9 Å². The number of benzene rings is 1. The number of amides is 3. The Morgan fingerprint density at radius 1 is 0.919 bits per heavy atom. The first-order chi connectivity index (χ1) is 17.4. The monoisotopic (exact) mass is 519 g/mol. The number of rotatable bonds is 14. The number of carboxylic acids is 2. The number of aromatic amines is 1. The number of H-pyrrole nitrogens is 1. The Hall–Kier alpha value is -3.97. The van der Waals surface area contributed by atoms with Crippen molar-refractivity contribution < 1.29 is 39.3 Å². The number of aliphatic hydroxyl groups excluding tert-OH is 1. The fraction of sp³-hybridized carbons (Fsp3) is 0.458. The molecule has 1 aromatic carbocycles. The summed E-state index contributed by atoms with van der Waals surface area (Å²) in [5.74, 6) is -5.23. The van der Waals surface area contributed by atoms with Gasteiger partial charge in [0.2, 0.25) is 17.7 Å². The van der Waals surface area contributed by atoms with E-state index < -0.39 is 66.9 Å². The molecule has 0 aliphatic heterocycles. The van der Waals surface area contributed by atoms with E-state index in [1.165, 1.54) is 0 Å². The summed E-state index contributed by atoms with van der Waals surface area (Å²) in [5, 5.41) is 35.4. The maximum absolute atomic E-state index is 13.2. The summed E-state index contributed by atoms with van der Waals surface area (Å²) in [6.07, 6.45) is 1.16. The molecule has 0 fully saturated rings. The average Bonchev–Trinajstić information content (AvgIpc) is 3.23. The number of para-hydroxylation sites is 1. The highest BCUT2D eigenvalue weighted by Gasteiger charge is 2.31. The molecule has 2 aromatic rings. The summed E-state index contributed by atoms with van der Waals surface area (Å²) < 4.78 is 0. The molecule has 0 saturated heterocycles. The molecule has 0 spiro atoms. The van der Waals surface area contributed by atoms with Crippen LogP contribution in [0.15, 0.2) is 30.5 Å². The highest BCUT2D eigenvalue weighted by molar-refractivity contribution is 5.95. The van der Waals surface area contributed by atoms with Gasteiger partial charge in [-0.05, 0) is 24.0 Å². The van der Waals surface area contributed by atoms with E-state index in [-0.39, 0.29) is 18.8 Å². The second-order valence-corrected chi connectivity index (χ2v) is 9.10. The molecule has 0 aliphatic rings. The fourth-order valence-electron chi connectivity index (χ4n) is 3.72. The van der Waals surface area contributed by atoms with Crippen molar-refractivity contribution in [1.82, 2.24) is 20.9 Å². The van der Waals surface area contributed by atoms with E-state index in [9.17, 15) is 34.2 Å². The van der Waals surface area contributed by atoms with E-state index in [2.05, 4.69) is 20.9 Å². The van der Waals surface area contributed by atoms with Gasteiger partial charge in [0, 0.05) is 23.5 Å². The molecular weight excluding hydrogens is 486 g/mol. The van der Waals surface area contributed by atoms with Gasteiger partial charge in [-0.1, -0.05) is 32.0 Å². The van der Waals surface area contributed by atoms with Crippen molar-refractivity contribution in [3.05, 3.63) is 36.0 Å². The lowest BCUT2D eigenvalue weighted by Crippen LogP contribution is -2.58. The molecule has 1 aromatic heterocycles. The van der Waals surface area contributed by atoms with Crippen molar-refractivity contribution in [1.29, 1.82) is 0 Å². The Bertz CT molecular complexity index is 1130. The lowest BCUT2D eigenvalue weighted by Gasteiger charge is -2.25. The SMILES string of the molecule is CC(C)CC(NC(=O)C(N)CC(=O)O)C(=O)NC(Cc1c[nH]c2ccccc12)C(=O)NC(CO)C(=O)O. The second-order valence-electron chi connectivity index (χ2n) is 9.10. The van der Waals surface area contributed by atoms with Crippen LogP contribution < -0.4 is 21.7 Å². The molecule has 0 radical (unpaired) electrons. The smallest absolute Gasteiger partial charge is 0.328 e. The van der Waals surface area contributed by atoms with E-state index in [0.717, 1.165) is 10.9 Å². The summed E-state index contributed by atoms with van der Waals surface area (Å²) in [6, 6.07) is 1.89. The number of aliphatic hydroxyl groups is 1. The summed E-state index contributed by atoms with van der Waals surface area (Å²) in [7, 11) is 0. The predicted octanol–water partition coefficient (Wildman–Crippen LogP) is -0.910. The zero-order chi connectivity index (χ0) is 27.7. The van der Waals surface area contributed by atoms with Crippen LogP contribution in [-0.4, -0.2) is 80.7 Å². The Labute approximate surface area is 212 Å². The fourth-order valence-corrected chi connectivity index (χ4v) is 3.72. The molecule has 202 valence electrons. The minimum absolute atomic E-state index is 0.0276. The molecule has 0 bridgehead atoms. The van der Waals surface area contributed by atoms with Gasteiger partial charge in [0.05, 0.1) is 19.1 Å². The number of aliphatic carboxylic acids is 2. The Balaban J connectivity index is 2.30. The van der Waals surface area contributed by atoms with Gasteiger partial charge in [0.15, 0.2) is 0 Å². The number of nitrogens with two attached hydrogens (primary N) is 1. The largest absolute Gasteiger partial charge is 0.481 e. The van der Waals surface area contributed by atoms with Crippen molar-refractivity contribution in [2.24, 2.45) is 11.7 Å². The van der Waals surface area contributed by atoms with Crippen LogP contribution in [0.2, 0.25) is 0 Å². The second kappa shape index (κ2) is 13.4. The molecule has 0 aliphatic carbocycles. The summed E-state index contributed by atoms with van der Waals surface area (Å²) in [6.45, 7) is 2.75. The molecule has 2 rings (SSSR count). The Kier molecular flexibility index (Phi) is 10.6. The number of carboxylic acid groups (broad SMARTS) is 2. The number of carbonyl (C=O) groups is 5. The van der Waals surface area contributed by atoms with Crippen LogP contribution in [0.3, 0.4) is 0 Å². The highest BCUT2D eigenvalue weighted by Crippen LogP contribution is 2.19. The van der Waals surface area contributed by atoms with Crippen molar-refractivity contribution in [3.8, 4) is 0 Å². The normalized spacial score (nSPS) is 14.4. The molecule has 13 nitrogen and oxygen atoms in total. The Morgan fingerprint density at radius 3 is 2.11 bits per heavy atom. The van der Waals surface area contributed by atoms with Crippen LogP contribution in [0, 0.1) is 5.92 Å². The number of fused-ring (bicyclic) bond motifs is 1. The van der Waals surface area contributed by atoms with E-state index in [1.54, 1.807) is 26.1 Å². The lowest BCUT2D eigenvalue weighted by atomic mass is 10.00. The van der Waals surface area contributed by atoms with Crippen LogP contribution >= 0.6 is 0 Å². The molecule has 13 heteroatoms. The van der Waals surface area contributed by atoms with E-state index in [1.807, 2.05) is 18.2 Å². The van der Waals surface area contributed by atoms with E-state index >= 15 is 0 Å². The van der Waals surface area contributed by atoms with Crippen LogP contribution in [-0.2, 0) is 30.4 Å². The topological polar surface area (TPSA) is 224 Å². The third-order valence-electron chi connectivity index (χ3n) is 5.60. The van der Waals surface area contributed by atoms with Crippen LogP contribution in [0.4, 0.5) is 0 Å². The third-order valence-corrected chi connectivity index (χ3v) is 5.60. The zero-order valence-corrected chi connectivity index (χ0v) is 20.6. The number of carbonyl (C=O) groups excluding carboxylic acids is 3. The quantitative estimate of drug-likeness (QED) is 0.154. The first-order valence-electron chi connectivity index (χ1n) is 11.7. The minimum Gasteiger partial charge on any atom is -0.481 e. The van der Waals surface area contributed by atoms with Gasteiger partial charge in [-0.15, -0.1) is 0 Å².